The SMILES string of the molecule is CCCCC1CCC(C(=O)N[C@H]2CCCNC2)CC1. The Morgan fingerprint density at radius 3 is 2.63 bits per heavy atom. The molecule has 2 rings (SSSR count). The molecule has 0 unspecified atom stereocenters. The van der Waals surface area contributed by atoms with Gasteiger partial charge in [-0.05, 0) is 51.0 Å². The van der Waals surface area contributed by atoms with E-state index in [9.17, 15) is 4.79 Å². The number of rotatable bonds is 5. The van der Waals surface area contributed by atoms with Gasteiger partial charge in [0.1, 0.15) is 0 Å². The first-order valence-corrected chi connectivity index (χ1v) is 8.30. The van der Waals surface area contributed by atoms with E-state index in [4.69, 9.17) is 0 Å². The van der Waals surface area contributed by atoms with Crippen molar-refractivity contribution in [3.8, 4) is 0 Å². The minimum Gasteiger partial charge on any atom is -0.352 e. The molecule has 19 heavy (non-hydrogen) atoms. The van der Waals surface area contributed by atoms with Crippen molar-refractivity contribution < 1.29 is 4.79 Å². The Morgan fingerprint density at radius 2 is 2.00 bits per heavy atom. The van der Waals surface area contributed by atoms with E-state index in [1.807, 2.05) is 0 Å². The van der Waals surface area contributed by atoms with E-state index < -0.39 is 0 Å². The highest BCUT2D eigenvalue weighted by Gasteiger charge is 2.27. The summed E-state index contributed by atoms with van der Waals surface area (Å²) >= 11 is 0. The lowest BCUT2D eigenvalue weighted by molar-refractivity contribution is -0.127. The Balaban J connectivity index is 1.67. The Bertz CT molecular complexity index is 266. The highest BCUT2D eigenvalue weighted by Crippen LogP contribution is 2.32. The molecule has 3 heteroatoms. The molecule has 0 bridgehead atoms. The van der Waals surface area contributed by atoms with Crippen molar-refractivity contribution in [2.24, 2.45) is 11.8 Å². The van der Waals surface area contributed by atoms with Gasteiger partial charge in [-0.25, -0.2) is 0 Å². The highest BCUT2D eigenvalue weighted by molar-refractivity contribution is 5.79. The summed E-state index contributed by atoms with van der Waals surface area (Å²) < 4.78 is 0. The molecule has 0 aromatic carbocycles. The van der Waals surface area contributed by atoms with Gasteiger partial charge in [0, 0.05) is 18.5 Å². The van der Waals surface area contributed by atoms with E-state index in [1.54, 1.807) is 0 Å². The van der Waals surface area contributed by atoms with Crippen LogP contribution < -0.4 is 10.6 Å². The fourth-order valence-corrected chi connectivity index (χ4v) is 3.50. The largest absolute Gasteiger partial charge is 0.352 e. The third-order valence-electron chi connectivity index (χ3n) is 4.83. The third kappa shape index (κ3) is 4.79. The normalized spacial score (nSPS) is 31.9. The van der Waals surface area contributed by atoms with Gasteiger partial charge in [0.25, 0.3) is 0 Å². The molecule has 1 aliphatic heterocycles. The van der Waals surface area contributed by atoms with Gasteiger partial charge in [-0.15, -0.1) is 0 Å². The first-order valence-electron chi connectivity index (χ1n) is 8.30. The second-order valence-corrected chi connectivity index (χ2v) is 6.41. The van der Waals surface area contributed by atoms with Gasteiger partial charge in [-0.3, -0.25) is 4.79 Å². The first kappa shape index (κ1) is 14.8. The summed E-state index contributed by atoms with van der Waals surface area (Å²) in [5.74, 6) is 1.50. The number of amides is 1. The zero-order chi connectivity index (χ0) is 13.5. The number of hydrogen-bond donors (Lipinski definition) is 2. The molecule has 0 radical (unpaired) electrons. The topological polar surface area (TPSA) is 41.1 Å². The van der Waals surface area contributed by atoms with Crippen molar-refractivity contribution in [1.82, 2.24) is 10.6 Å². The lowest BCUT2D eigenvalue weighted by Crippen LogP contribution is -2.47. The molecule has 0 aromatic heterocycles. The standard InChI is InChI=1S/C16H30N2O/c1-2-3-5-13-7-9-14(10-8-13)16(19)18-15-6-4-11-17-12-15/h13-15,17H,2-12H2,1H3,(H,18,19)/t13?,14?,15-/m0/s1. The predicted molar refractivity (Wildman–Crippen MR) is 79.0 cm³/mol. The van der Waals surface area contributed by atoms with Crippen LogP contribution in [-0.2, 0) is 4.79 Å². The van der Waals surface area contributed by atoms with Crippen molar-refractivity contribution in [2.45, 2.75) is 70.8 Å². The molecule has 1 saturated heterocycles. The Kier molecular flexibility index (Phi) is 6.15. The van der Waals surface area contributed by atoms with Crippen LogP contribution in [0.5, 0.6) is 0 Å². The monoisotopic (exact) mass is 266 g/mol. The summed E-state index contributed by atoms with van der Waals surface area (Å²) in [6.45, 7) is 4.32. The average Bonchev–Trinajstić information content (AvgIpc) is 2.46. The van der Waals surface area contributed by atoms with Crippen LogP contribution in [0.3, 0.4) is 0 Å². The Hall–Kier alpha value is -0.570. The molecular formula is C16H30N2O. The number of carbonyl (C=O) groups excluding carboxylic acids is 1. The highest BCUT2D eigenvalue weighted by atomic mass is 16.1. The van der Waals surface area contributed by atoms with Gasteiger partial charge in [-0.1, -0.05) is 26.2 Å². The van der Waals surface area contributed by atoms with Gasteiger partial charge in [0.05, 0.1) is 0 Å². The van der Waals surface area contributed by atoms with E-state index in [0.29, 0.717) is 17.9 Å². The molecule has 0 spiro atoms. The second kappa shape index (κ2) is 7.88. The maximum atomic E-state index is 12.2. The Labute approximate surface area is 117 Å². The van der Waals surface area contributed by atoms with Gasteiger partial charge in [-0.2, -0.15) is 0 Å². The van der Waals surface area contributed by atoms with E-state index in [0.717, 1.165) is 38.3 Å². The zero-order valence-corrected chi connectivity index (χ0v) is 12.4. The van der Waals surface area contributed by atoms with Crippen LogP contribution in [-0.4, -0.2) is 25.0 Å². The number of carbonyl (C=O) groups is 1. The van der Waals surface area contributed by atoms with E-state index >= 15 is 0 Å². The molecule has 1 aliphatic carbocycles. The number of hydrogen-bond acceptors (Lipinski definition) is 2. The summed E-state index contributed by atoms with van der Waals surface area (Å²) in [6.07, 6.45) is 11.1. The lowest BCUT2D eigenvalue weighted by Gasteiger charge is -2.30. The maximum Gasteiger partial charge on any atom is 0.223 e. The van der Waals surface area contributed by atoms with E-state index in [-0.39, 0.29) is 0 Å². The van der Waals surface area contributed by atoms with E-state index in [1.165, 1.54) is 38.5 Å². The summed E-state index contributed by atoms with van der Waals surface area (Å²) in [6, 6.07) is 0.374. The third-order valence-corrected chi connectivity index (χ3v) is 4.83. The molecule has 1 amide bonds. The molecule has 3 nitrogen and oxygen atoms in total. The fraction of sp³-hybridized carbons (Fsp3) is 0.938. The van der Waals surface area contributed by atoms with Crippen molar-refractivity contribution in [1.29, 1.82) is 0 Å². The summed E-state index contributed by atoms with van der Waals surface area (Å²) in [7, 11) is 0. The quantitative estimate of drug-likeness (QED) is 0.803. The predicted octanol–water partition coefficient (Wildman–Crippen LogP) is 2.85. The van der Waals surface area contributed by atoms with Crippen LogP contribution >= 0.6 is 0 Å². The first-order chi connectivity index (χ1) is 9.29. The van der Waals surface area contributed by atoms with Crippen molar-refractivity contribution in [3.63, 3.8) is 0 Å². The molecule has 2 aliphatic rings. The van der Waals surface area contributed by atoms with Gasteiger partial charge in [0.2, 0.25) is 5.91 Å². The molecular weight excluding hydrogens is 236 g/mol. The number of piperidine rings is 1. The summed E-state index contributed by atoms with van der Waals surface area (Å²) in [4.78, 5) is 12.2. The molecule has 110 valence electrons. The molecule has 0 aromatic rings. The molecule has 2 fully saturated rings. The van der Waals surface area contributed by atoms with Crippen LogP contribution in [0.4, 0.5) is 0 Å². The smallest absolute Gasteiger partial charge is 0.223 e. The van der Waals surface area contributed by atoms with Gasteiger partial charge < -0.3 is 10.6 Å². The van der Waals surface area contributed by atoms with Crippen molar-refractivity contribution >= 4 is 5.91 Å². The summed E-state index contributed by atoms with van der Waals surface area (Å²) in [5, 5.41) is 6.60. The fourth-order valence-electron chi connectivity index (χ4n) is 3.50. The van der Waals surface area contributed by atoms with Gasteiger partial charge in [0.15, 0.2) is 0 Å². The van der Waals surface area contributed by atoms with Gasteiger partial charge >= 0.3 is 0 Å². The maximum absolute atomic E-state index is 12.2. The van der Waals surface area contributed by atoms with Crippen LogP contribution in [0, 0.1) is 11.8 Å². The lowest BCUT2D eigenvalue weighted by atomic mass is 9.79. The number of nitrogens with one attached hydrogen (secondary N) is 2. The Morgan fingerprint density at radius 1 is 1.21 bits per heavy atom. The van der Waals surface area contributed by atoms with Crippen LogP contribution in [0.1, 0.15) is 64.7 Å². The molecule has 1 heterocycles. The molecule has 1 saturated carbocycles. The van der Waals surface area contributed by atoms with Crippen LogP contribution in [0.15, 0.2) is 0 Å². The number of unbranched alkanes of at least 4 members (excludes halogenated alkanes) is 1. The average molecular weight is 266 g/mol. The zero-order valence-electron chi connectivity index (χ0n) is 12.4. The molecule has 2 N–H and O–H groups in total. The van der Waals surface area contributed by atoms with Crippen molar-refractivity contribution in [3.05, 3.63) is 0 Å². The van der Waals surface area contributed by atoms with Crippen LogP contribution in [0.2, 0.25) is 0 Å². The van der Waals surface area contributed by atoms with Crippen molar-refractivity contribution in [2.75, 3.05) is 13.1 Å². The van der Waals surface area contributed by atoms with Crippen LogP contribution in [0.25, 0.3) is 0 Å². The molecule has 1 atom stereocenters. The minimum absolute atomic E-state index is 0.291. The summed E-state index contributed by atoms with van der Waals surface area (Å²) in [5.41, 5.74) is 0. The minimum atomic E-state index is 0.291. The second-order valence-electron chi connectivity index (χ2n) is 6.41. The van der Waals surface area contributed by atoms with E-state index in [2.05, 4.69) is 17.6 Å².